The molecule has 0 bridgehead atoms. The Hall–Kier alpha value is -2.02. The lowest BCUT2D eigenvalue weighted by molar-refractivity contribution is 0.0987. The molecule has 7 heteroatoms. The number of amides is 1. The predicted molar refractivity (Wildman–Crippen MR) is 82.4 cm³/mol. The number of hydrogen-bond donors (Lipinski definition) is 1. The number of carbonyl (C=O) groups is 1. The quantitative estimate of drug-likeness (QED) is 0.890. The molecule has 2 rings (SSSR count). The normalized spacial score (nSPS) is 10.4. The second kappa shape index (κ2) is 7.12. The number of nitrogens with zero attached hydrogens (tertiary/aromatic N) is 3. The van der Waals surface area contributed by atoms with Crippen LogP contribution in [0.1, 0.15) is 30.1 Å². The molecule has 0 saturated heterocycles. The summed E-state index contributed by atoms with van der Waals surface area (Å²) in [6, 6.07) is 5.95. The second-order valence-electron chi connectivity index (χ2n) is 4.37. The third-order valence-electron chi connectivity index (χ3n) is 2.82. The molecule has 0 unspecified atom stereocenters. The molecule has 0 aliphatic rings. The summed E-state index contributed by atoms with van der Waals surface area (Å²) in [5, 5.41) is 11.8. The highest BCUT2D eigenvalue weighted by molar-refractivity contribution is 7.17. The molecule has 1 aromatic heterocycles. The molecule has 0 aliphatic carbocycles. The standard InChI is InChI=1S/C14H17FN4OS/c1-3-8-16-14-18-17-12(21-14)13(20)19(4-2)11-7-5-6-10(15)9-11/h5-7,9H,3-4,8H2,1-2H3,(H,16,18). The van der Waals surface area contributed by atoms with Gasteiger partial charge in [0.1, 0.15) is 5.82 Å². The van der Waals surface area contributed by atoms with Crippen LogP contribution in [0.3, 0.4) is 0 Å². The van der Waals surface area contributed by atoms with Crippen molar-refractivity contribution in [2.24, 2.45) is 0 Å². The summed E-state index contributed by atoms with van der Waals surface area (Å²) in [5.41, 5.74) is 0.515. The molecule has 5 nitrogen and oxygen atoms in total. The summed E-state index contributed by atoms with van der Waals surface area (Å²) in [4.78, 5) is 13.9. The van der Waals surface area contributed by atoms with Gasteiger partial charge in [-0.3, -0.25) is 4.79 Å². The first-order chi connectivity index (χ1) is 10.2. The van der Waals surface area contributed by atoms with Crippen molar-refractivity contribution >= 4 is 28.1 Å². The maximum absolute atomic E-state index is 13.3. The van der Waals surface area contributed by atoms with Crippen molar-refractivity contribution in [3.8, 4) is 0 Å². The van der Waals surface area contributed by atoms with Gasteiger partial charge in [-0.05, 0) is 31.5 Å². The Bertz CT molecular complexity index is 617. The maximum atomic E-state index is 13.3. The van der Waals surface area contributed by atoms with Gasteiger partial charge in [-0.15, -0.1) is 10.2 Å². The van der Waals surface area contributed by atoms with E-state index in [-0.39, 0.29) is 11.7 Å². The number of aromatic nitrogens is 2. The number of anilines is 2. The minimum atomic E-state index is -0.374. The summed E-state index contributed by atoms with van der Waals surface area (Å²) in [7, 11) is 0. The van der Waals surface area contributed by atoms with Crippen LogP contribution in [0, 0.1) is 5.82 Å². The molecule has 0 spiro atoms. The van der Waals surface area contributed by atoms with Crippen molar-refractivity contribution in [2.45, 2.75) is 20.3 Å². The SMILES string of the molecule is CCCNc1nnc(C(=O)N(CC)c2cccc(F)c2)s1. The number of nitrogens with one attached hydrogen (secondary N) is 1. The number of benzene rings is 1. The van der Waals surface area contributed by atoms with Crippen LogP contribution in [0.2, 0.25) is 0 Å². The van der Waals surface area contributed by atoms with E-state index in [1.165, 1.54) is 28.4 Å². The van der Waals surface area contributed by atoms with Crippen LogP contribution in [0.25, 0.3) is 0 Å². The second-order valence-corrected chi connectivity index (χ2v) is 5.35. The molecule has 0 radical (unpaired) electrons. The van der Waals surface area contributed by atoms with E-state index in [2.05, 4.69) is 15.5 Å². The Balaban J connectivity index is 2.18. The molecule has 2 aromatic rings. The maximum Gasteiger partial charge on any atom is 0.289 e. The van der Waals surface area contributed by atoms with Crippen LogP contribution in [-0.2, 0) is 0 Å². The molecule has 0 aliphatic heterocycles. The molecule has 112 valence electrons. The molecule has 1 aromatic carbocycles. The van der Waals surface area contributed by atoms with E-state index >= 15 is 0 Å². The van der Waals surface area contributed by atoms with E-state index in [0.29, 0.717) is 22.4 Å². The summed E-state index contributed by atoms with van der Waals surface area (Å²) in [6.07, 6.45) is 0.966. The van der Waals surface area contributed by atoms with Gasteiger partial charge in [0.05, 0.1) is 0 Å². The van der Waals surface area contributed by atoms with Gasteiger partial charge in [0.15, 0.2) is 0 Å². The van der Waals surface area contributed by atoms with Crippen molar-refractivity contribution in [3.05, 3.63) is 35.1 Å². The number of halogens is 1. The molecule has 0 atom stereocenters. The van der Waals surface area contributed by atoms with Gasteiger partial charge in [-0.2, -0.15) is 0 Å². The van der Waals surface area contributed by atoms with Gasteiger partial charge in [0.2, 0.25) is 10.1 Å². The summed E-state index contributed by atoms with van der Waals surface area (Å²) in [5.74, 6) is -0.647. The summed E-state index contributed by atoms with van der Waals surface area (Å²) in [6.45, 7) is 5.09. The molecular formula is C14H17FN4OS. The highest BCUT2D eigenvalue weighted by Crippen LogP contribution is 2.21. The molecule has 0 fully saturated rings. The van der Waals surface area contributed by atoms with Gasteiger partial charge in [-0.25, -0.2) is 4.39 Å². The lowest BCUT2D eigenvalue weighted by Gasteiger charge is -2.19. The van der Waals surface area contributed by atoms with Gasteiger partial charge >= 0.3 is 0 Å². The Morgan fingerprint density at radius 1 is 1.38 bits per heavy atom. The van der Waals surface area contributed by atoms with Gasteiger partial charge < -0.3 is 10.2 Å². The Morgan fingerprint density at radius 3 is 2.86 bits per heavy atom. The lowest BCUT2D eigenvalue weighted by atomic mass is 10.2. The first-order valence-electron chi connectivity index (χ1n) is 6.80. The van der Waals surface area contributed by atoms with Crippen LogP contribution in [0.5, 0.6) is 0 Å². The zero-order valence-electron chi connectivity index (χ0n) is 12.0. The predicted octanol–water partition coefficient (Wildman–Crippen LogP) is 3.17. The van der Waals surface area contributed by atoms with Crippen LogP contribution < -0.4 is 10.2 Å². The van der Waals surface area contributed by atoms with Gasteiger partial charge in [0, 0.05) is 18.8 Å². The molecular weight excluding hydrogens is 291 g/mol. The van der Waals surface area contributed by atoms with Crippen LogP contribution in [0.4, 0.5) is 15.2 Å². The van der Waals surface area contributed by atoms with Crippen molar-refractivity contribution < 1.29 is 9.18 Å². The fourth-order valence-electron chi connectivity index (χ4n) is 1.82. The van der Waals surface area contributed by atoms with E-state index in [1.807, 2.05) is 13.8 Å². The fourth-order valence-corrected chi connectivity index (χ4v) is 2.53. The van der Waals surface area contributed by atoms with E-state index < -0.39 is 0 Å². The number of rotatable bonds is 6. The van der Waals surface area contributed by atoms with Crippen molar-refractivity contribution in [1.29, 1.82) is 0 Å². The topological polar surface area (TPSA) is 58.1 Å². The Kier molecular flexibility index (Phi) is 5.21. The number of hydrogen-bond acceptors (Lipinski definition) is 5. The molecule has 1 N–H and O–H groups in total. The van der Waals surface area contributed by atoms with Crippen molar-refractivity contribution in [3.63, 3.8) is 0 Å². The minimum absolute atomic E-state index is 0.273. The largest absolute Gasteiger partial charge is 0.360 e. The van der Waals surface area contributed by atoms with E-state index in [0.717, 1.165) is 13.0 Å². The van der Waals surface area contributed by atoms with Crippen LogP contribution >= 0.6 is 11.3 Å². The lowest BCUT2D eigenvalue weighted by Crippen LogP contribution is -2.30. The molecule has 21 heavy (non-hydrogen) atoms. The van der Waals surface area contributed by atoms with Crippen molar-refractivity contribution in [1.82, 2.24) is 10.2 Å². The number of carbonyl (C=O) groups excluding carboxylic acids is 1. The average molecular weight is 308 g/mol. The smallest absolute Gasteiger partial charge is 0.289 e. The van der Waals surface area contributed by atoms with Gasteiger partial charge in [0.25, 0.3) is 5.91 Å². The van der Waals surface area contributed by atoms with Gasteiger partial charge in [-0.1, -0.05) is 24.3 Å². The third-order valence-corrected chi connectivity index (χ3v) is 3.68. The van der Waals surface area contributed by atoms with E-state index in [1.54, 1.807) is 12.1 Å². The first kappa shape index (κ1) is 15.4. The van der Waals surface area contributed by atoms with Crippen LogP contribution in [-0.4, -0.2) is 29.2 Å². The Labute approximate surface area is 126 Å². The van der Waals surface area contributed by atoms with Crippen molar-refractivity contribution in [2.75, 3.05) is 23.3 Å². The highest BCUT2D eigenvalue weighted by atomic mass is 32.1. The molecule has 0 saturated carbocycles. The van der Waals surface area contributed by atoms with Crippen LogP contribution in [0.15, 0.2) is 24.3 Å². The zero-order valence-corrected chi connectivity index (χ0v) is 12.8. The molecule has 1 heterocycles. The summed E-state index contributed by atoms with van der Waals surface area (Å²) >= 11 is 1.21. The average Bonchev–Trinajstić information content (AvgIpc) is 2.94. The zero-order chi connectivity index (χ0) is 15.2. The third kappa shape index (κ3) is 3.75. The van der Waals surface area contributed by atoms with E-state index in [4.69, 9.17) is 0 Å². The highest BCUT2D eigenvalue weighted by Gasteiger charge is 2.20. The fraction of sp³-hybridized carbons (Fsp3) is 0.357. The Morgan fingerprint density at radius 2 is 2.19 bits per heavy atom. The van der Waals surface area contributed by atoms with E-state index in [9.17, 15) is 9.18 Å². The molecule has 1 amide bonds. The summed E-state index contributed by atoms with van der Waals surface area (Å²) < 4.78 is 13.3. The first-order valence-corrected chi connectivity index (χ1v) is 7.62. The minimum Gasteiger partial charge on any atom is -0.360 e. The monoisotopic (exact) mass is 308 g/mol.